The number of amides is 1. The van der Waals surface area contributed by atoms with E-state index in [1.807, 2.05) is 80.6 Å². The Morgan fingerprint density at radius 2 is 1.83 bits per heavy atom. The van der Waals surface area contributed by atoms with Crippen molar-refractivity contribution < 1.29 is 13.9 Å². The van der Waals surface area contributed by atoms with E-state index in [0.29, 0.717) is 25.2 Å². The zero-order valence-electron chi connectivity index (χ0n) is 22.2. The first-order valence-electron chi connectivity index (χ1n) is 12.6. The molecule has 0 atom stereocenters. The average molecular weight is 493 g/mol. The molecule has 36 heavy (non-hydrogen) atoms. The van der Waals surface area contributed by atoms with E-state index in [0.717, 1.165) is 41.4 Å². The molecule has 2 aromatic carbocycles. The molecule has 0 bridgehead atoms. The summed E-state index contributed by atoms with van der Waals surface area (Å²) in [7, 11) is 1.66. The van der Waals surface area contributed by atoms with Gasteiger partial charge in [-0.1, -0.05) is 51.1 Å². The minimum Gasteiger partial charge on any atom is -0.494 e. The van der Waals surface area contributed by atoms with Gasteiger partial charge in [0, 0.05) is 48.6 Å². The molecule has 0 N–H and O–H groups in total. The molecule has 2 heterocycles. The number of carbonyl (C=O) groups is 1. The van der Waals surface area contributed by atoms with E-state index in [1.165, 1.54) is 6.07 Å². The van der Waals surface area contributed by atoms with E-state index in [4.69, 9.17) is 9.84 Å². The number of hydrogen-bond acceptors (Lipinski definition) is 4. The van der Waals surface area contributed by atoms with Gasteiger partial charge in [-0.2, -0.15) is 5.10 Å². The highest BCUT2D eigenvalue weighted by molar-refractivity contribution is 5.81. The normalized spacial score (nSPS) is 14.1. The molecule has 192 valence electrons. The quantitative estimate of drug-likeness (QED) is 0.446. The molecule has 0 spiro atoms. The lowest BCUT2D eigenvalue weighted by Crippen LogP contribution is -2.43. The summed E-state index contributed by atoms with van der Waals surface area (Å²) in [6, 6.07) is 14.8. The van der Waals surface area contributed by atoms with Gasteiger partial charge < -0.3 is 9.64 Å². The molecule has 0 saturated heterocycles. The van der Waals surface area contributed by atoms with Crippen LogP contribution in [0.5, 0.6) is 5.75 Å². The Bertz CT molecular complexity index is 1230. The first kappa shape index (κ1) is 25.9. The third-order valence-corrected chi connectivity index (χ3v) is 6.73. The van der Waals surface area contributed by atoms with E-state index >= 15 is 0 Å². The second-order valence-corrected chi connectivity index (χ2v) is 10.8. The lowest BCUT2D eigenvalue weighted by molar-refractivity contribution is -0.142. The molecule has 1 aliphatic heterocycles. The second kappa shape index (κ2) is 10.4. The molecule has 0 fully saturated rings. The van der Waals surface area contributed by atoms with Crippen LogP contribution >= 0.6 is 0 Å². The van der Waals surface area contributed by atoms with Gasteiger partial charge in [-0.3, -0.25) is 9.69 Å². The van der Waals surface area contributed by atoms with Crippen molar-refractivity contribution in [1.29, 1.82) is 0 Å². The van der Waals surface area contributed by atoms with Gasteiger partial charge in [-0.05, 0) is 32.0 Å². The van der Waals surface area contributed by atoms with Crippen LogP contribution in [0.3, 0.4) is 0 Å². The molecule has 4 rings (SSSR count). The van der Waals surface area contributed by atoms with Crippen LogP contribution in [-0.2, 0) is 30.8 Å². The summed E-state index contributed by atoms with van der Waals surface area (Å²) >= 11 is 0. The number of aromatic nitrogens is 2. The van der Waals surface area contributed by atoms with Crippen molar-refractivity contribution in [2.24, 2.45) is 5.41 Å². The van der Waals surface area contributed by atoms with Crippen molar-refractivity contribution in [3.8, 4) is 11.4 Å². The molecular weight excluding hydrogens is 455 g/mol. The van der Waals surface area contributed by atoms with Crippen molar-refractivity contribution in [3.05, 3.63) is 76.9 Å². The van der Waals surface area contributed by atoms with E-state index in [9.17, 15) is 9.18 Å². The van der Waals surface area contributed by atoms with Gasteiger partial charge in [-0.15, -0.1) is 0 Å². The first-order valence-corrected chi connectivity index (χ1v) is 12.6. The van der Waals surface area contributed by atoms with Crippen LogP contribution in [0.2, 0.25) is 0 Å². The number of rotatable bonds is 7. The van der Waals surface area contributed by atoms with Gasteiger partial charge in [0.15, 0.2) is 0 Å². The lowest BCUT2D eigenvalue weighted by atomic mass is 9.93. The second-order valence-electron chi connectivity index (χ2n) is 10.8. The minimum atomic E-state index is -0.494. The third-order valence-electron chi connectivity index (χ3n) is 6.73. The van der Waals surface area contributed by atoms with Crippen molar-refractivity contribution in [2.45, 2.75) is 66.7 Å². The van der Waals surface area contributed by atoms with Crippen molar-refractivity contribution in [2.75, 3.05) is 13.7 Å². The van der Waals surface area contributed by atoms with E-state index in [-0.39, 0.29) is 17.8 Å². The number of halogens is 1. The largest absolute Gasteiger partial charge is 0.494 e. The van der Waals surface area contributed by atoms with Gasteiger partial charge in [-0.25, -0.2) is 9.07 Å². The zero-order chi connectivity index (χ0) is 26.0. The fraction of sp³-hybridized carbons (Fsp3) is 0.448. The number of ether oxygens (including phenoxy) is 1. The number of para-hydroxylation sites is 2. The Balaban J connectivity index is 1.75. The first-order chi connectivity index (χ1) is 17.1. The molecule has 1 aliphatic rings. The van der Waals surface area contributed by atoms with Crippen LogP contribution in [-0.4, -0.2) is 45.2 Å². The van der Waals surface area contributed by atoms with E-state index < -0.39 is 5.41 Å². The maximum atomic E-state index is 14.4. The lowest BCUT2D eigenvalue weighted by Gasteiger charge is -2.33. The van der Waals surface area contributed by atoms with Crippen LogP contribution in [0.15, 0.2) is 48.5 Å². The monoisotopic (exact) mass is 492 g/mol. The summed E-state index contributed by atoms with van der Waals surface area (Å²) in [5, 5.41) is 5.06. The molecule has 7 heteroatoms. The summed E-state index contributed by atoms with van der Waals surface area (Å²) in [6.45, 7) is 12.3. The Morgan fingerprint density at radius 1 is 1.14 bits per heavy atom. The van der Waals surface area contributed by atoms with Crippen LogP contribution < -0.4 is 4.74 Å². The topological polar surface area (TPSA) is 50.6 Å². The summed E-state index contributed by atoms with van der Waals surface area (Å²) in [4.78, 5) is 17.5. The number of hydrogen-bond donors (Lipinski definition) is 0. The van der Waals surface area contributed by atoms with Gasteiger partial charge in [0.05, 0.1) is 25.0 Å². The number of carbonyl (C=O) groups excluding carboxylic acids is 1. The van der Waals surface area contributed by atoms with Crippen LogP contribution in [0.25, 0.3) is 5.69 Å². The van der Waals surface area contributed by atoms with Gasteiger partial charge in [0.1, 0.15) is 17.3 Å². The summed E-state index contributed by atoms with van der Waals surface area (Å²) in [5.41, 5.74) is 4.17. The van der Waals surface area contributed by atoms with Crippen molar-refractivity contribution in [1.82, 2.24) is 19.6 Å². The highest BCUT2D eigenvalue weighted by Crippen LogP contribution is 2.32. The number of benzene rings is 2. The summed E-state index contributed by atoms with van der Waals surface area (Å²) in [6.07, 6.45) is 0.768. The average Bonchev–Trinajstić information content (AvgIpc) is 3.20. The predicted octanol–water partition coefficient (Wildman–Crippen LogP) is 5.36. The Morgan fingerprint density at radius 3 is 2.50 bits per heavy atom. The van der Waals surface area contributed by atoms with Crippen LogP contribution in [0.1, 0.15) is 57.1 Å². The van der Waals surface area contributed by atoms with Crippen molar-refractivity contribution in [3.63, 3.8) is 0 Å². The minimum absolute atomic E-state index is 0.0295. The fourth-order valence-corrected chi connectivity index (χ4v) is 4.76. The van der Waals surface area contributed by atoms with Crippen LogP contribution in [0, 0.1) is 11.2 Å². The smallest absolute Gasteiger partial charge is 0.228 e. The maximum absolute atomic E-state index is 14.4. The number of methoxy groups -OCH3 is 1. The van der Waals surface area contributed by atoms with E-state index in [2.05, 4.69) is 4.90 Å². The molecule has 3 aromatic rings. The highest BCUT2D eigenvalue weighted by Gasteiger charge is 2.32. The third kappa shape index (κ3) is 5.31. The number of nitrogens with zero attached hydrogens (tertiary/aromatic N) is 4. The molecule has 0 unspecified atom stereocenters. The molecule has 0 saturated carbocycles. The number of fused-ring (bicyclic) bond motifs is 1. The van der Waals surface area contributed by atoms with Crippen LogP contribution in [0.4, 0.5) is 4.39 Å². The van der Waals surface area contributed by atoms with Gasteiger partial charge in [0.2, 0.25) is 5.91 Å². The molecule has 1 aromatic heterocycles. The standard InChI is InChI=1S/C29H37FN4O2/c1-20(2)33(28(35)29(3,4)5)19-24-22-18-32(17-21-11-7-8-12-23(21)30)16-15-25(22)34(31-24)26-13-9-10-14-27(26)36-6/h7-14,20H,15-19H2,1-6H3. The van der Waals surface area contributed by atoms with Crippen molar-refractivity contribution >= 4 is 5.91 Å². The molecule has 0 aliphatic carbocycles. The van der Waals surface area contributed by atoms with Gasteiger partial charge >= 0.3 is 0 Å². The Hall–Kier alpha value is -3.19. The molecule has 0 radical (unpaired) electrons. The SMILES string of the molecule is COc1ccccc1-n1nc(CN(C(=O)C(C)(C)C)C(C)C)c2c1CCN(Cc1ccccc1F)C2. The maximum Gasteiger partial charge on any atom is 0.228 e. The van der Waals surface area contributed by atoms with Gasteiger partial charge in [0.25, 0.3) is 0 Å². The zero-order valence-corrected chi connectivity index (χ0v) is 22.2. The fourth-order valence-electron chi connectivity index (χ4n) is 4.76. The Kier molecular flexibility index (Phi) is 7.50. The Labute approximate surface area is 213 Å². The highest BCUT2D eigenvalue weighted by atomic mass is 19.1. The molecule has 1 amide bonds. The molecular formula is C29H37FN4O2. The molecule has 6 nitrogen and oxygen atoms in total. The summed E-state index contributed by atoms with van der Waals surface area (Å²) < 4.78 is 22.0. The summed E-state index contributed by atoms with van der Waals surface area (Å²) in [5.74, 6) is 0.654. The van der Waals surface area contributed by atoms with E-state index in [1.54, 1.807) is 13.2 Å². The predicted molar refractivity (Wildman–Crippen MR) is 139 cm³/mol.